The van der Waals surface area contributed by atoms with E-state index in [4.69, 9.17) is 5.73 Å². The van der Waals surface area contributed by atoms with E-state index in [1.165, 1.54) is 0 Å². The molecule has 0 aromatic heterocycles. The van der Waals surface area contributed by atoms with Gasteiger partial charge in [0.05, 0.1) is 6.54 Å². The molecule has 0 aliphatic heterocycles. The number of nitrogens with zero attached hydrogens (tertiary/aromatic N) is 1. The Bertz CT molecular complexity index is 416. The minimum Gasteiger partial charge on any atom is -0.399 e. The van der Waals surface area contributed by atoms with Gasteiger partial charge in [0.2, 0.25) is 5.91 Å². The van der Waals surface area contributed by atoms with Crippen LogP contribution in [0.15, 0.2) is 18.2 Å². The van der Waals surface area contributed by atoms with Crippen LogP contribution in [0.1, 0.15) is 19.4 Å². The summed E-state index contributed by atoms with van der Waals surface area (Å²) in [6.45, 7) is 7.22. The molecule has 1 rings (SSSR count). The fraction of sp³-hybridized carbons (Fsp3) is 0.500. The van der Waals surface area contributed by atoms with Crippen LogP contribution in [0.2, 0.25) is 0 Å². The summed E-state index contributed by atoms with van der Waals surface area (Å²) in [5.74, 6) is 0.501. The van der Waals surface area contributed by atoms with Crippen molar-refractivity contribution in [2.24, 2.45) is 5.92 Å². The molecule has 1 aromatic carbocycles. The molecule has 4 nitrogen and oxygen atoms in total. The zero-order valence-corrected chi connectivity index (χ0v) is 11.7. The lowest BCUT2D eigenvalue weighted by molar-refractivity contribution is -0.119. The molecule has 0 bridgehead atoms. The predicted molar refractivity (Wildman–Crippen MR) is 76.7 cm³/mol. The summed E-state index contributed by atoms with van der Waals surface area (Å²) in [6.07, 6.45) is 0. The average molecular weight is 249 g/mol. The Labute approximate surface area is 109 Å². The maximum Gasteiger partial charge on any atom is 0.239 e. The van der Waals surface area contributed by atoms with Crippen LogP contribution in [0, 0.1) is 12.8 Å². The molecule has 1 aromatic rings. The second-order valence-electron chi connectivity index (χ2n) is 5.10. The van der Waals surface area contributed by atoms with Crippen molar-refractivity contribution >= 4 is 17.3 Å². The highest BCUT2D eigenvalue weighted by Gasteiger charge is 2.10. The molecular formula is C14H23N3O. The van der Waals surface area contributed by atoms with Gasteiger partial charge in [-0.2, -0.15) is 0 Å². The molecule has 0 atom stereocenters. The molecular weight excluding hydrogens is 226 g/mol. The number of nitrogens with two attached hydrogens (primary N) is 1. The molecule has 4 heteroatoms. The molecule has 18 heavy (non-hydrogen) atoms. The standard InChI is InChI=1S/C14H23N3O/c1-10(2)8-16-14(18)9-17(4)13-7-12(15)6-5-11(13)3/h5-7,10H,8-9,15H2,1-4H3,(H,16,18). The Morgan fingerprint density at radius 3 is 2.72 bits per heavy atom. The van der Waals surface area contributed by atoms with Crippen LogP contribution in [-0.2, 0) is 4.79 Å². The van der Waals surface area contributed by atoms with Crippen LogP contribution >= 0.6 is 0 Å². The van der Waals surface area contributed by atoms with E-state index in [2.05, 4.69) is 19.2 Å². The average Bonchev–Trinajstić information content (AvgIpc) is 2.29. The van der Waals surface area contributed by atoms with Gasteiger partial charge in [-0.05, 0) is 30.5 Å². The Hall–Kier alpha value is -1.71. The number of rotatable bonds is 5. The van der Waals surface area contributed by atoms with Crippen LogP contribution < -0.4 is 16.0 Å². The molecule has 0 radical (unpaired) electrons. The maximum absolute atomic E-state index is 11.7. The van der Waals surface area contributed by atoms with Gasteiger partial charge in [0.1, 0.15) is 0 Å². The van der Waals surface area contributed by atoms with Gasteiger partial charge in [-0.25, -0.2) is 0 Å². The summed E-state index contributed by atoms with van der Waals surface area (Å²) in [5, 5.41) is 2.90. The van der Waals surface area contributed by atoms with Gasteiger partial charge in [0.25, 0.3) is 0 Å². The minimum atomic E-state index is 0.0352. The van der Waals surface area contributed by atoms with E-state index in [9.17, 15) is 4.79 Å². The summed E-state index contributed by atoms with van der Waals surface area (Å²) < 4.78 is 0. The molecule has 0 saturated heterocycles. The van der Waals surface area contributed by atoms with Crippen molar-refractivity contribution in [1.82, 2.24) is 5.32 Å². The molecule has 0 aliphatic carbocycles. The number of nitrogen functional groups attached to an aromatic ring is 1. The largest absolute Gasteiger partial charge is 0.399 e. The molecule has 3 N–H and O–H groups in total. The first-order valence-corrected chi connectivity index (χ1v) is 6.24. The molecule has 100 valence electrons. The lowest BCUT2D eigenvalue weighted by atomic mass is 10.1. The fourth-order valence-electron chi connectivity index (χ4n) is 1.71. The van der Waals surface area contributed by atoms with Crippen molar-refractivity contribution in [1.29, 1.82) is 0 Å². The molecule has 1 amide bonds. The van der Waals surface area contributed by atoms with Crippen LogP contribution in [-0.4, -0.2) is 26.0 Å². The highest BCUT2D eigenvalue weighted by Crippen LogP contribution is 2.21. The van der Waals surface area contributed by atoms with E-state index in [1.807, 2.05) is 37.1 Å². The van der Waals surface area contributed by atoms with Gasteiger partial charge in [-0.1, -0.05) is 19.9 Å². The van der Waals surface area contributed by atoms with Gasteiger partial charge < -0.3 is 16.0 Å². The smallest absolute Gasteiger partial charge is 0.239 e. The molecule has 0 heterocycles. The predicted octanol–water partition coefficient (Wildman–Crippen LogP) is 1.79. The third-order valence-corrected chi connectivity index (χ3v) is 2.73. The Morgan fingerprint density at radius 2 is 2.11 bits per heavy atom. The van der Waals surface area contributed by atoms with Crippen molar-refractivity contribution < 1.29 is 4.79 Å². The van der Waals surface area contributed by atoms with E-state index in [0.717, 1.165) is 11.3 Å². The highest BCUT2D eigenvalue weighted by atomic mass is 16.2. The van der Waals surface area contributed by atoms with Gasteiger partial charge >= 0.3 is 0 Å². The van der Waals surface area contributed by atoms with Gasteiger partial charge in [0.15, 0.2) is 0 Å². The number of carbonyl (C=O) groups excluding carboxylic acids is 1. The van der Waals surface area contributed by atoms with Crippen LogP contribution in [0.3, 0.4) is 0 Å². The molecule has 0 spiro atoms. The number of nitrogens with one attached hydrogen (secondary N) is 1. The number of hydrogen-bond donors (Lipinski definition) is 2. The van der Waals surface area contributed by atoms with Crippen LogP contribution in [0.5, 0.6) is 0 Å². The second-order valence-corrected chi connectivity index (χ2v) is 5.10. The maximum atomic E-state index is 11.7. The number of hydrogen-bond acceptors (Lipinski definition) is 3. The van der Waals surface area contributed by atoms with Gasteiger partial charge in [-0.3, -0.25) is 4.79 Å². The number of anilines is 2. The molecule has 0 unspecified atom stereocenters. The van der Waals surface area contributed by atoms with Crippen LogP contribution in [0.4, 0.5) is 11.4 Å². The SMILES string of the molecule is Cc1ccc(N)cc1N(C)CC(=O)NCC(C)C. The molecule has 0 fully saturated rings. The van der Waals surface area contributed by atoms with E-state index in [1.54, 1.807) is 0 Å². The number of likely N-dealkylation sites (N-methyl/N-ethyl adjacent to an activating group) is 1. The normalized spacial score (nSPS) is 10.5. The lowest BCUT2D eigenvalue weighted by Gasteiger charge is -2.21. The molecule has 0 aliphatic rings. The summed E-state index contributed by atoms with van der Waals surface area (Å²) in [4.78, 5) is 13.7. The number of carbonyl (C=O) groups is 1. The van der Waals surface area contributed by atoms with E-state index >= 15 is 0 Å². The first-order chi connectivity index (χ1) is 8.40. The van der Waals surface area contributed by atoms with E-state index in [-0.39, 0.29) is 5.91 Å². The summed E-state index contributed by atoms with van der Waals surface area (Å²) in [6, 6.07) is 5.73. The monoisotopic (exact) mass is 249 g/mol. The quantitative estimate of drug-likeness (QED) is 0.782. The Balaban J connectivity index is 2.62. The Kier molecular flexibility index (Phi) is 5.01. The van der Waals surface area contributed by atoms with Crippen LogP contribution in [0.25, 0.3) is 0 Å². The fourth-order valence-corrected chi connectivity index (χ4v) is 1.71. The summed E-state index contributed by atoms with van der Waals surface area (Å²) in [7, 11) is 1.90. The summed E-state index contributed by atoms with van der Waals surface area (Å²) in [5.41, 5.74) is 8.59. The first kappa shape index (κ1) is 14.4. The number of benzene rings is 1. The Morgan fingerprint density at radius 1 is 1.44 bits per heavy atom. The van der Waals surface area contributed by atoms with Gasteiger partial charge in [-0.15, -0.1) is 0 Å². The first-order valence-electron chi connectivity index (χ1n) is 6.24. The van der Waals surface area contributed by atoms with Crippen molar-refractivity contribution in [3.05, 3.63) is 23.8 Å². The second kappa shape index (κ2) is 6.28. The minimum absolute atomic E-state index is 0.0352. The zero-order valence-electron chi connectivity index (χ0n) is 11.7. The number of aryl methyl sites for hydroxylation is 1. The third-order valence-electron chi connectivity index (χ3n) is 2.73. The summed E-state index contributed by atoms with van der Waals surface area (Å²) >= 11 is 0. The van der Waals surface area contributed by atoms with E-state index < -0.39 is 0 Å². The van der Waals surface area contributed by atoms with Crippen molar-refractivity contribution in [3.63, 3.8) is 0 Å². The van der Waals surface area contributed by atoms with Crippen molar-refractivity contribution in [2.75, 3.05) is 30.8 Å². The zero-order chi connectivity index (χ0) is 13.7. The lowest BCUT2D eigenvalue weighted by Crippen LogP contribution is -2.37. The van der Waals surface area contributed by atoms with Gasteiger partial charge in [0, 0.05) is 25.0 Å². The third kappa shape index (κ3) is 4.28. The van der Waals surface area contributed by atoms with Crippen molar-refractivity contribution in [3.8, 4) is 0 Å². The topological polar surface area (TPSA) is 58.4 Å². The number of amides is 1. The van der Waals surface area contributed by atoms with E-state index in [0.29, 0.717) is 24.7 Å². The van der Waals surface area contributed by atoms with Crippen molar-refractivity contribution in [2.45, 2.75) is 20.8 Å². The highest BCUT2D eigenvalue weighted by molar-refractivity contribution is 5.81. The molecule has 0 saturated carbocycles.